The molecule has 2 heterocycles. The van der Waals surface area contributed by atoms with Gasteiger partial charge in [0.1, 0.15) is 5.75 Å². The van der Waals surface area contributed by atoms with Crippen molar-refractivity contribution < 1.29 is 24.1 Å². The van der Waals surface area contributed by atoms with Crippen LogP contribution >= 0.6 is 0 Å². The average molecular weight is 402 g/mol. The van der Waals surface area contributed by atoms with Gasteiger partial charge in [0.25, 0.3) is 0 Å². The molecule has 0 spiro atoms. The maximum absolute atomic E-state index is 10.4. The molecule has 0 unspecified atom stereocenters. The molecule has 2 bridgehead atoms. The minimum atomic E-state index is 0.237. The van der Waals surface area contributed by atoms with Crippen LogP contribution in [0.3, 0.4) is 0 Å². The Hall–Kier alpha value is -2.03. The van der Waals surface area contributed by atoms with E-state index in [1.807, 2.05) is 42.6 Å². The van der Waals surface area contributed by atoms with E-state index in [1.165, 1.54) is 0 Å². The zero-order valence-corrected chi connectivity index (χ0v) is 16.8. The molecule has 0 saturated carbocycles. The van der Waals surface area contributed by atoms with Gasteiger partial charge in [0, 0.05) is 37.0 Å². The molecule has 2 aromatic rings. The summed E-state index contributed by atoms with van der Waals surface area (Å²) in [6.45, 7) is 6.23. The molecule has 1 N–H and O–H groups in total. The number of hydrogen-bond acceptors (Lipinski definition) is 7. The summed E-state index contributed by atoms with van der Waals surface area (Å²) in [5.74, 6) is 0.237. The summed E-state index contributed by atoms with van der Waals surface area (Å²) in [5, 5.41) is 10.4. The molecule has 1 aromatic carbocycles. The van der Waals surface area contributed by atoms with E-state index in [4.69, 9.17) is 18.9 Å². The van der Waals surface area contributed by atoms with Gasteiger partial charge < -0.3 is 24.1 Å². The molecule has 7 heteroatoms. The van der Waals surface area contributed by atoms with Crippen LogP contribution < -0.4 is 0 Å². The lowest BCUT2D eigenvalue weighted by atomic mass is 10.1. The largest absolute Gasteiger partial charge is 0.507 e. The molecule has 29 heavy (non-hydrogen) atoms. The lowest BCUT2D eigenvalue weighted by Crippen LogP contribution is -2.31. The highest BCUT2D eigenvalue weighted by molar-refractivity contribution is 5.39. The van der Waals surface area contributed by atoms with Gasteiger partial charge in [-0.25, -0.2) is 0 Å². The number of aromatic nitrogens is 1. The summed E-state index contributed by atoms with van der Waals surface area (Å²) in [7, 11) is 0. The molecule has 1 aliphatic heterocycles. The average Bonchev–Trinajstić information content (AvgIpc) is 2.74. The van der Waals surface area contributed by atoms with Crippen molar-refractivity contribution in [2.75, 3.05) is 52.7 Å². The number of para-hydroxylation sites is 1. The van der Waals surface area contributed by atoms with Crippen LogP contribution in [0.25, 0.3) is 0 Å². The van der Waals surface area contributed by atoms with Crippen molar-refractivity contribution >= 4 is 0 Å². The predicted molar refractivity (Wildman–Crippen MR) is 109 cm³/mol. The Labute approximate surface area is 172 Å². The first kappa shape index (κ1) is 21.7. The van der Waals surface area contributed by atoms with Crippen molar-refractivity contribution in [2.45, 2.75) is 19.8 Å². The van der Waals surface area contributed by atoms with E-state index in [0.717, 1.165) is 36.5 Å². The summed E-state index contributed by atoms with van der Waals surface area (Å²) in [6, 6.07) is 11.6. The van der Waals surface area contributed by atoms with E-state index in [1.54, 1.807) is 0 Å². The Bertz CT molecular complexity index is 677. The monoisotopic (exact) mass is 402 g/mol. The van der Waals surface area contributed by atoms with Crippen LogP contribution in [0, 0.1) is 0 Å². The van der Waals surface area contributed by atoms with Crippen LogP contribution in [-0.2, 0) is 38.7 Å². The normalized spacial score (nSPS) is 18.6. The molecule has 3 rings (SSSR count). The van der Waals surface area contributed by atoms with Gasteiger partial charge in [-0.15, -0.1) is 0 Å². The molecule has 0 aliphatic carbocycles. The Morgan fingerprint density at radius 1 is 0.759 bits per heavy atom. The van der Waals surface area contributed by atoms with Crippen LogP contribution in [0.5, 0.6) is 5.75 Å². The number of phenols is 1. The second-order valence-corrected chi connectivity index (χ2v) is 6.85. The summed E-state index contributed by atoms with van der Waals surface area (Å²) in [4.78, 5) is 6.68. The Balaban J connectivity index is 1.52. The quantitative estimate of drug-likeness (QED) is 0.827. The van der Waals surface area contributed by atoms with Gasteiger partial charge in [-0.1, -0.05) is 24.3 Å². The molecule has 7 nitrogen and oxygen atoms in total. The van der Waals surface area contributed by atoms with Gasteiger partial charge in [0.2, 0.25) is 0 Å². The molecule has 1 aromatic heterocycles. The van der Waals surface area contributed by atoms with E-state index < -0.39 is 0 Å². The molecule has 0 radical (unpaired) electrons. The van der Waals surface area contributed by atoms with Crippen LogP contribution in [-0.4, -0.2) is 67.7 Å². The van der Waals surface area contributed by atoms with Gasteiger partial charge in [0.15, 0.2) is 0 Å². The minimum absolute atomic E-state index is 0.237. The molecule has 0 atom stereocenters. The lowest BCUT2D eigenvalue weighted by molar-refractivity contribution is 0.0154. The van der Waals surface area contributed by atoms with Crippen LogP contribution in [0.2, 0.25) is 0 Å². The highest BCUT2D eigenvalue weighted by Gasteiger charge is 2.09. The maximum Gasteiger partial charge on any atom is 0.126 e. The van der Waals surface area contributed by atoms with Crippen molar-refractivity contribution in [3.8, 4) is 5.75 Å². The third-order valence-corrected chi connectivity index (χ3v) is 4.68. The highest BCUT2D eigenvalue weighted by atomic mass is 16.5. The van der Waals surface area contributed by atoms with Crippen molar-refractivity contribution in [3.05, 3.63) is 59.4 Å². The number of fused-ring (bicyclic) bond motifs is 2. The Morgan fingerprint density at radius 3 is 1.97 bits per heavy atom. The fourth-order valence-corrected chi connectivity index (χ4v) is 3.06. The first-order chi connectivity index (χ1) is 14.3. The molecular formula is C22H30N2O5. The van der Waals surface area contributed by atoms with E-state index in [9.17, 15) is 5.11 Å². The van der Waals surface area contributed by atoms with E-state index in [2.05, 4.69) is 9.88 Å². The van der Waals surface area contributed by atoms with Gasteiger partial charge >= 0.3 is 0 Å². The van der Waals surface area contributed by atoms with E-state index in [0.29, 0.717) is 52.9 Å². The number of phenolic OH excluding ortho intramolecular Hbond substituents is 1. The lowest BCUT2D eigenvalue weighted by Gasteiger charge is -2.22. The van der Waals surface area contributed by atoms with Crippen molar-refractivity contribution in [3.63, 3.8) is 0 Å². The van der Waals surface area contributed by atoms with Crippen molar-refractivity contribution in [1.29, 1.82) is 0 Å². The minimum Gasteiger partial charge on any atom is -0.507 e. The Kier molecular flexibility index (Phi) is 9.35. The standard InChI is InChI=1S/C22H30N2O5/c25-22-19-4-3-5-20(22)18-29-15-13-27-11-9-24(8-10-26-12-14-28-17-19)16-21-6-1-2-7-23-21/h1-7,25H,8-18H2. The zero-order chi connectivity index (χ0) is 20.2. The van der Waals surface area contributed by atoms with Crippen molar-refractivity contribution in [1.82, 2.24) is 9.88 Å². The fourth-order valence-electron chi connectivity index (χ4n) is 3.06. The van der Waals surface area contributed by atoms with Gasteiger partial charge in [-0.3, -0.25) is 9.88 Å². The number of hydrogen-bond donors (Lipinski definition) is 1. The van der Waals surface area contributed by atoms with Gasteiger partial charge in [0.05, 0.1) is 58.5 Å². The number of benzene rings is 1. The first-order valence-corrected chi connectivity index (χ1v) is 10.1. The Morgan fingerprint density at radius 2 is 1.38 bits per heavy atom. The third-order valence-electron chi connectivity index (χ3n) is 4.68. The van der Waals surface area contributed by atoms with E-state index >= 15 is 0 Å². The molecule has 0 saturated heterocycles. The highest BCUT2D eigenvalue weighted by Crippen LogP contribution is 2.23. The second kappa shape index (κ2) is 12.5. The van der Waals surface area contributed by atoms with E-state index in [-0.39, 0.29) is 5.75 Å². The van der Waals surface area contributed by atoms with Crippen LogP contribution in [0.15, 0.2) is 42.6 Å². The smallest absolute Gasteiger partial charge is 0.126 e. The number of nitrogens with zero attached hydrogens (tertiary/aromatic N) is 2. The maximum atomic E-state index is 10.4. The molecule has 158 valence electrons. The SMILES string of the molecule is Oc1c2cccc1COCCOCCN(Cc1ccccn1)CCOCCOC2. The molecule has 0 fully saturated rings. The van der Waals surface area contributed by atoms with Gasteiger partial charge in [-0.05, 0) is 12.1 Å². The molecule has 1 aliphatic rings. The number of ether oxygens (including phenoxy) is 4. The summed E-state index contributed by atoms with van der Waals surface area (Å²) in [5.41, 5.74) is 2.54. The van der Waals surface area contributed by atoms with Gasteiger partial charge in [-0.2, -0.15) is 0 Å². The summed E-state index contributed by atoms with van der Waals surface area (Å²) < 4.78 is 22.7. The number of rotatable bonds is 2. The third kappa shape index (κ3) is 7.72. The summed E-state index contributed by atoms with van der Waals surface area (Å²) >= 11 is 0. The van der Waals surface area contributed by atoms with Crippen molar-refractivity contribution in [2.24, 2.45) is 0 Å². The number of pyridine rings is 1. The summed E-state index contributed by atoms with van der Waals surface area (Å²) in [6.07, 6.45) is 1.81. The molecular weight excluding hydrogens is 372 g/mol. The topological polar surface area (TPSA) is 73.3 Å². The molecule has 0 amide bonds. The predicted octanol–water partition coefficient (Wildman–Crippen LogP) is 2.37. The first-order valence-electron chi connectivity index (χ1n) is 10.1. The number of aromatic hydroxyl groups is 1. The van der Waals surface area contributed by atoms with Crippen LogP contribution in [0.1, 0.15) is 16.8 Å². The fraction of sp³-hybridized carbons (Fsp3) is 0.500. The van der Waals surface area contributed by atoms with Crippen LogP contribution in [0.4, 0.5) is 0 Å². The zero-order valence-electron chi connectivity index (χ0n) is 16.8. The second-order valence-electron chi connectivity index (χ2n) is 6.85.